The van der Waals surface area contributed by atoms with Gasteiger partial charge in [0.05, 0.1) is 22.6 Å². The third-order valence-electron chi connectivity index (χ3n) is 4.33. The van der Waals surface area contributed by atoms with Crippen molar-refractivity contribution >= 4 is 15.7 Å². The molecule has 7 heteroatoms. The molecule has 3 rings (SSSR count). The monoisotopic (exact) mass is 362 g/mol. The van der Waals surface area contributed by atoms with E-state index in [1.54, 1.807) is 37.3 Å². The Kier molecular flexibility index (Phi) is 4.60. The Labute approximate surface area is 146 Å². The summed E-state index contributed by atoms with van der Waals surface area (Å²) in [4.78, 5) is 16.6. The van der Waals surface area contributed by atoms with E-state index >= 15 is 0 Å². The van der Waals surface area contributed by atoms with Crippen LogP contribution >= 0.6 is 0 Å². The summed E-state index contributed by atoms with van der Waals surface area (Å²) in [7, 11) is -3.09. The molecule has 1 aromatic heterocycles. The molecule has 132 valence electrons. The van der Waals surface area contributed by atoms with Gasteiger partial charge < -0.3 is 5.32 Å². The molecule has 2 heterocycles. The summed E-state index contributed by atoms with van der Waals surface area (Å²) < 4.78 is 36.9. The Morgan fingerprint density at radius 3 is 2.64 bits per heavy atom. The van der Waals surface area contributed by atoms with Crippen molar-refractivity contribution in [3.8, 4) is 0 Å². The summed E-state index contributed by atoms with van der Waals surface area (Å²) in [6.45, 7) is 1.73. The number of carbonyl (C=O) groups excluding carboxylic acids is 1. The molecule has 25 heavy (non-hydrogen) atoms. The van der Waals surface area contributed by atoms with E-state index in [-0.39, 0.29) is 23.2 Å². The Morgan fingerprint density at radius 2 is 2.04 bits per heavy atom. The predicted octanol–water partition coefficient (Wildman–Crippen LogP) is 2.12. The lowest BCUT2D eigenvalue weighted by molar-refractivity contribution is 0.0915. The molecule has 0 radical (unpaired) electrons. The fourth-order valence-electron chi connectivity index (χ4n) is 2.96. The minimum absolute atomic E-state index is 0.0511. The minimum atomic E-state index is -3.09. The molecule has 0 saturated carbocycles. The van der Waals surface area contributed by atoms with Gasteiger partial charge in [-0.3, -0.25) is 9.78 Å². The smallest absolute Gasteiger partial charge is 0.253 e. The highest BCUT2D eigenvalue weighted by molar-refractivity contribution is 7.91. The maximum Gasteiger partial charge on any atom is 0.253 e. The molecule has 5 nitrogen and oxygen atoms in total. The molecule has 1 amide bonds. The Hall–Kier alpha value is -2.28. The van der Waals surface area contributed by atoms with Crippen LogP contribution in [0.25, 0.3) is 0 Å². The average Bonchev–Trinajstić information content (AvgIpc) is 2.83. The number of nitrogens with one attached hydrogen (secondary N) is 1. The van der Waals surface area contributed by atoms with E-state index in [0.717, 1.165) is 0 Å². The third kappa shape index (κ3) is 4.22. The van der Waals surface area contributed by atoms with E-state index in [1.165, 1.54) is 12.3 Å². The van der Waals surface area contributed by atoms with Gasteiger partial charge in [0, 0.05) is 18.3 Å². The summed E-state index contributed by atoms with van der Waals surface area (Å²) >= 11 is 0. The van der Waals surface area contributed by atoms with Crippen molar-refractivity contribution in [2.45, 2.75) is 25.3 Å². The van der Waals surface area contributed by atoms with Crippen LogP contribution in [0.4, 0.5) is 4.39 Å². The van der Waals surface area contributed by atoms with E-state index < -0.39 is 15.4 Å². The molecule has 1 aliphatic rings. The summed E-state index contributed by atoms with van der Waals surface area (Å²) in [5, 5.41) is 2.79. The molecule has 1 saturated heterocycles. The molecule has 2 aromatic rings. The quantitative estimate of drug-likeness (QED) is 0.904. The fraction of sp³-hybridized carbons (Fsp3) is 0.333. The first-order chi connectivity index (χ1) is 11.8. The van der Waals surface area contributed by atoms with Crippen LogP contribution in [0.2, 0.25) is 0 Å². The van der Waals surface area contributed by atoms with Gasteiger partial charge in [-0.25, -0.2) is 12.8 Å². The molecule has 1 fully saturated rings. The first-order valence-corrected chi connectivity index (χ1v) is 9.80. The van der Waals surface area contributed by atoms with Crippen molar-refractivity contribution in [3.63, 3.8) is 0 Å². The standard InChI is InChI=1S/C18H19FN2O3S/c1-18(8-9-25(23,24)12-18)21-17(22)14-6-7-15(20-11-14)10-13-4-2-3-5-16(13)19/h2-7,11H,8-10,12H2,1H3,(H,21,22)/t18-/m1/s1. The normalized spacial score (nSPS) is 21.8. The van der Waals surface area contributed by atoms with Crippen LogP contribution in [0, 0.1) is 5.82 Å². The van der Waals surface area contributed by atoms with Gasteiger partial charge in [0.2, 0.25) is 0 Å². The van der Waals surface area contributed by atoms with Gasteiger partial charge in [-0.15, -0.1) is 0 Å². The number of sulfone groups is 1. The van der Waals surface area contributed by atoms with Crippen LogP contribution in [-0.2, 0) is 16.3 Å². The SMILES string of the molecule is C[C@@]1(NC(=O)c2ccc(Cc3ccccc3F)nc2)CCS(=O)(=O)C1. The van der Waals surface area contributed by atoms with Crippen molar-refractivity contribution in [2.75, 3.05) is 11.5 Å². The fourth-order valence-corrected chi connectivity index (χ4v) is 5.05. The molecular weight excluding hydrogens is 343 g/mol. The van der Waals surface area contributed by atoms with Gasteiger partial charge in [-0.2, -0.15) is 0 Å². The van der Waals surface area contributed by atoms with E-state index in [0.29, 0.717) is 29.7 Å². The van der Waals surface area contributed by atoms with Crippen LogP contribution in [0.1, 0.15) is 35.0 Å². The zero-order valence-electron chi connectivity index (χ0n) is 13.8. The third-order valence-corrected chi connectivity index (χ3v) is 6.24. The molecule has 1 aliphatic heterocycles. The maximum absolute atomic E-state index is 13.7. The van der Waals surface area contributed by atoms with Gasteiger partial charge in [0.1, 0.15) is 5.82 Å². The zero-order chi connectivity index (χ0) is 18.1. The van der Waals surface area contributed by atoms with E-state index in [9.17, 15) is 17.6 Å². The molecule has 1 N–H and O–H groups in total. The second-order valence-electron chi connectivity index (χ2n) is 6.66. The number of halogens is 1. The zero-order valence-corrected chi connectivity index (χ0v) is 14.6. The Morgan fingerprint density at radius 1 is 1.28 bits per heavy atom. The average molecular weight is 362 g/mol. The molecular formula is C18H19FN2O3S. The van der Waals surface area contributed by atoms with Crippen molar-refractivity contribution in [2.24, 2.45) is 0 Å². The summed E-state index contributed by atoms with van der Waals surface area (Å²) in [5.41, 5.74) is 0.789. The van der Waals surface area contributed by atoms with Crippen molar-refractivity contribution in [1.82, 2.24) is 10.3 Å². The minimum Gasteiger partial charge on any atom is -0.346 e. The molecule has 0 spiro atoms. The lowest BCUT2D eigenvalue weighted by atomic mass is 10.0. The number of nitrogens with zero attached hydrogens (tertiary/aromatic N) is 1. The van der Waals surface area contributed by atoms with Crippen LogP contribution in [0.5, 0.6) is 0 Å². The van der Waals surface area contributed by atoms with Gasteiger partial charge in [0.25, 0.3) is 5.91 Å². The highest BCUT2D eigenvalue weighted by Crippen LogP contribution is 2.23. The maximum atomic E-state index is 13.7. The van der Waals surface area contributed by atoms with Crippen LogP contribution in [0.15, 0.2) is 42.6 Å². The first kappa shape index (κ1) is 17.5. The lowest BCUT2D eigenvalue weighted by Gasteiger charge is -2.23. The van der Waals surface area contributed by atoms with Crippen molar-refractivity contribution < 1.29 is 17.6 Å². The molecule has 0 bridgehead atoms. The van der Waals surface area contributed by atoms with Gasteiger partial charge in [0.15, 0.2) is 9.84 Å². The number of benzene rings is 1. The first-order valence-electron chi connectivity index (χ1n) is 7.98. The second kappa shape index (κ2) is 6.55. The van der Waals surface area contributed by atoms with E-state index in [1.807, 2.05) is 0 Å². The number of carbonyl (C=O) groups is 1. The van der Waals surface area contributed by atoms with E-state index in [2.05, 4.69) is 10.3 Å². The number of amides is 1. The molecule has 0 aliphatic carbocycles. The summed E-state index contributed by atoms with van der Waals surface area (Å²) in [5.74, 6) is -0.611. The largest absolute Gasteiger partial charge is 0.346 e. The van der Waals surface area contributed by atoms with E-state index in [4.69, 9.17) is 0 Å². The Bertz CT molecular complexity index is 897. The highest BCUT2D eigenvalue weighted by Gasteiger charge is 2.39. The molecule has 1 atom stereocenters. The topological polar surface area (TPSA) is 76.1 Å². The highest BCUT2D eigenvalue weighted by atomic mass is 32.2. The van der Waals surface area contributed by atoms with Gasteiger partial charge in [-0.1, -0.05) is 18.2 Å². The van der Waals surface area contributed by atoms with Crippen LogP contribution in [0.3, 0.4) is 0 Å². The van der Waals surface area contributed by atoms with Gasteiger partial charge >= 0.3 is 0 Å². The van der Waals surface area contributed by atoms with Crippen LogP contribution < -0.4 is 5.32 Å². The van der Waals surface area contributed by atoms with Crippen LogP contribution in [-0.4, -0.2) is 36.4 Å². The number of aromatic nitrogens is 1. The molecule has 1 aromatic carbocycles. The van der Waals surface area contributed by atoms with Gasteiger partial charge in [-0.05, 0) is 37.1 Å². The number of rotatable bonds is 4. The number of hydrogen-bond donors (Lipinski definition) is 1. The Balaban J connectivity index is 1.68. The van der Waals surface area contributed by atoms with Crippen molar-refractivity contribution in [3.05, 3.63) is 65.2 Å². The second-order valence-corrected chi connectivity index (χ2v) is 8.85. The predicted molar refractivity (Wildman–Crippen MR) is 92.6 cm³/mol. The number of hydrogen-bond acceptors (Lipinski definition) is 4. The molecule has 0 unspecified atom stereocenters. The van der Waals surface area contributed by atoms with Crippen molar-refractivity contribution in [1.29, 1.82) is 0 Å². The summed E-state index contributed by atoms with van der Waals surface area (Å²) in [6, 6.07) is 9.77. The lowest BCUT2D eigenvalue weighted by Crippen LogP contribution is -2.46. The number of pyridine rings is 1. The summed E-state index contributed by atoms with van der Waals surface area (Å²) in [6.07, 6.45) is 2.17.